The summed E-state index contributed by atoms with van der Waals surface area (Å²) in [7, 11) is -0.613. The third kappa shape index (κ3) is 4.58. The summed E-state index contributed by atoms with van der Waals surface area (Å²) in [4.78, 5) is 12.5. The maximum absolute atomic E-state index is 12.4. The summed E-state index contributed by atoms with van der Waals surface area (Å²) >= 11 is 0. The Morgan fingerprint density at radius 1 is 1.08 bits per heavy atom. The van der Waals surface area contributed by atoms with Gasteiger partial charge in [-0.3, -0.25) is 4.79 Å². The predicted octanol–water partition coefficient (Wildman–Crippen LogP) is 2.27. The van der Waals surface area contributed by atoms with Crippen LogP contribution in [0.5, 0.6) is 5.75 Å². The number of nitrogens with zero attached hydrogens (tertiary/aromatic N) is 1. The Labute approximate surface area is 148 Å². The molecule has 7 heteroatoms. The third-order valence-electron chi connectivity index (χ3n) is 3.60. The van der Waals surface area contributed by atoms with Crippen LogP contribution in [0.15, 0.2) is 53.4 Å². The number of hydrogen-bond donors (Lipinski definition) is 1. The molecule has 0 unspecified atom stereocenters. The minimum absolute atomic E-state index is 0.120. The smallest absolute Gasteiger partial charge is 0.251 e. The third-order valence-corrected chi connectivity index (χ3v) is 5.51. The minimum atomic E-state index is -3.57. The second-order valence-corrected chi connectivity index (χ2v) is 7.66. The van der Waals surface area contributed by atoms with Crippen molar-refractivity contribution >= 4 is 15.9 Å². The van der Waals surface area contributed by atoms with Gasteiger partial charge in [0.2, 0.25) is 10.0 Å². The molecule has 0 aliphatic heterocycles. The molecule has 0 atom stereocenters. The van der Waals surface area contributed by atoms with Crippen LogP contribution in [0.2, 0.25) is 0 Å². The van der Waals surface area contributed by atoms with Gasteiger partial charge in [0.15, 0.2) is 0 Å². The second kappa shape index (κ2) is 8.13. The number of benzene rings is 2. The molecule has 0 fully saturated rings. The van der Waals surface area contributed by atoms with Crippen molar-refractivity contribution in [3.63, 3.8) is 0 Å². The molecule has 0 aliphatic carbocycles. The van der Waals surface area contributed by atoms with Gasteiger partial charge in [0.25, 0.3) is 5.91 Å². The van der Waals surface area contributed by atoms with E-state index in [9.17, 15) is 13.2 Å². The zero-order valence-electron chi connectivity index (χ0n) is 14.5. The van der Waals surface area contributed by atoms with Crippen molar-refractivity contribution in [2.75, 3.05) is 20.7 Å². The number of ether oxygens (including phenoxy) is 1. The predicted molar refractivity (Wildman–Crippen MR) is 96.1 cm³/mol. The van der Waals surface area contributed by atoms with E-state index in [1.54, 1.807) is 42.5 Å². The molecule has 0 aliphatic rings. The van der Waals surface area contributed by atoms with Gasteiger partial charge >= 0.3 is 0 Å². The monoisotopic (exact) mass is 362 g/mol. The average molecular weight is 362 g/mol. The first-order valence-corrected chi connectivity index (χ1v) is 9.31. The van der Waals surface area contributed by atoms with Crippen LogP contribution in [-0.2, 0) is 16.6 Å². The molecule has 1 amide bonds. The number of nitrogens with one attached hydrogen (secondary N) is 1. The van der Waals surface area contributed by atoms with E-state index >= 15 is 0 Å². The van der Waals surface area contributed by atoms with Crippen molar-refractivity contribution < 1.29 is 17.9 Å². The van der Waals surface area contributed by atoms with Gasteiger partial charge in [-0.15, -0.1) is 0 Å². The Bertz CT molecular complexity index is 830. The van der Waals surface area contributed by atoms with Crippen molar-refractivity contribution in [3.8, 4) is 5.75 Å². The fourth-order valence-electron chi connectivity index (χ4n) is 2.24. The van der Waals surface area contributed by atoms with E-state index in [2.05, 4.69) is 5.32 Å². The van der Waals surface area contributed by atoms with Crippen molar-refractivity contribution in [1.82, 2.24) is 9.62 Å². The zero-order chi connectivity index (χ0) is 18.4. The molecule has 0 spiro atoms. The second-order valence-electron chi connectivity index (χ2n) is 5.54. The lowest BCUT2D eigenvalue weighted by Gasteiger charge is -2.15. The summed E-state index contributed by atoms with van der Waals surface area (Å²) in [5.74, 6) is 0.418. The van der Waals surface area contributed by atoms with Gasteiger partial charge < -0.3 is 10.1 Å². The van der Waals surface area contributed by atoms with E-state index in [0.29, 0.717) is 23.5 Å². The fraction of sp³-hybridized carbons (Fsp3) is 0.278. The minimum Gasteiger partial charge on any atom is -0.494 e. The molecule has 0 bridgehead atoms. The topological polar surface area (TPSA) is 75.7 Å². The number of hydrogen-bond acceptors (Lipinski definition) is 4. The van der Waals surface area contributed by atoms with Crippen LogP contribution in [0.3, 0.4) is 0 Å². The van der Waals surface area contributed by atoms with Gasteiger partial charge in [0.05, 0.1) is 11.5 Å². The van der Waals surface area contributed by atoms with Crippen molar-refractivity contribution in [3.05, 3.63) is 59.7 Å². The molecular formula is C18H22N2O4S. The van der Waals surface area contributed by atoms with Crippen molar-refractivity contribution in [2.24, 2.45) is 0 Å². The van der Waals surface area contributed by atoms with E-state index in [4.69, 9.17) is 4.74 Å². The fourth-order valence-corrected chi connectivity index (χ4v) is 3.36. The van der Waals surface area contributed by atoms with Crippen molar-refractivity contribution in [2.45, 2.75) is 18.4 Å². The Hall–Kier alpha value is -2.38. The van der Waals surface area contributed by atoms with Crippen molar-refractivity contribution in [1.29, 1.82) is 0 Å². The summed E-state index contributed by atoms with van der Waals surface area (Å²) in [6.07, 6.45) is 0. The van der Waals surface area contributed by atoms with Crippen LogP contribution >= 0.6 is 0 Å². The van der Waals surface area contributed by atoms with Gasteiger partial charge in [0.1, 0.15) is 5.75 Å². The molecule has 25 heavy (non-hydrogen) atoms. The molecule has 0 saturated carbocycles. The largest absolute Gasteiger partial charge is 0.494 e. The Kier molecular flexibility index (Phi) is 6.17. The highest BCUT2D eigenvalue weighted by Crippen LogP contribution is 2.18. The number of rotatable bonds is 7. The highest BCUT2D eigenvalue weighted by atomic mass is 32.2. The van der Waals surface area contributed by atoms with Gasteiger partial charge in [-0.25, -0.2) is 12.7 Å². The first-order valence-electron chi connectivity index (χ1n) is 7.87. The number of carbonyl (C=O) groups excluding carboxylic acids is 1. The normalized spacial score (nSPS) is 11.4. The van der Waals surface area contributed by atoms with E-state index in [1.165, 1.54) is 20.2 Å². The van der Waals surface area contributed by atoms with E-state index < -0.39 is 10.0 Å². The van der Waals surface area contributed by atoms with Crippen LogP contribution in [0, 0.1) is 0 Å². The number of amides is 1. The van der Waals surface area contributed by atoms with Gasteiger partial charge in [-0.1, -0.05) is 18.2 Å². The molecule has 2 aromatic rings. The Morgan fingerprint density at radius 3 is 2.32 bits per heavy atom. The summed E-state index contributed by atoms with van der Waals surface area (Å²) in [6, 6.07) is 13.4. The molecule has 134 valence electrons. The summed E-state index contributed by atoms with van der Waals surface area (Å²) in [6.45, 7) is 2.57. The zero-order valence-corrected chi connectivity index (χ0v) is 15.3. The molecule has 0 saturated heterocycles. The summed E-state index contributed by atoms with van der Waals surface area (Å²) in [5, 5.41) is 2.76. The SMILES string of the molecule is CCOc1ccc(C(=O)NCc2ccccc2S(=O)(=O)N(C)C)cc1. The highest BCUT2D eigenvalue weighted by Gasteiger charge is 2.20. The molecule has 2 aromatic carbocycles. The van der Waals surface area contributed by atoms with Gasteiger partial charge in [-0.05, 0) is 42.8 Å². The lowest BCUT2D eigenvalue weighted by molar-refractivity contribution is 0.0950. The quantitative estimate of drug-likeness (QED) is 0.820. The average Bonchev–Trinajstić information content (AvgIpc) is 2.60. The van der Waals surface area contributed by atoms with Crippen LogP contribution in [-0.4, -0.2) is 39.3 Å². The van der Waals surface area contributed by atoms with Gasteiger partial charge in [-0.2, -0.15) is 0 Å². The molecule has 0 heterocycles. The highest BCUT2D eigenvalue weighted by molar-refractivity contribution is 7.89. The molecule has 0 radical (unpaired) electrons. The maximum atomic E-state index is 12.4. The first kappa shape index (κ1) is 19.0. The summed E-state index contributed by atoms with van der Waals surface area (Å²) < 4.78 is 31.2. The van der Waals surface area contributed by atoms with Crippen LogP contribution in [0.25, 0.3) is 0 Å². The first-order chi connectivity index (χ1) is 11.9. The lowest BCUT2D eigenvalue weighted by atomic mass is 10.2. The van der Waals surface area contributed by atoms with E-state index in [1.807, 2.05) is 6.92 Å². The van der Waals surface area contributed by atoms with Gasteiger partial charge in [0, 0.05) is 26.2 Å². The molecule has 1 N–H and O–H groups in total. The lowest BCUT2D eigenvalue weighted by Crippen LogP contribution is -2.27. The van der Waals surface area contributed by atoms with E-state index in [0.717, 1.165) is 4.31 Å². The maximum Gasteiger partial charge on any atom is 0.251 e. The molecule has 2 rings (SSSR count). The molecular weight excluding hydrogens is 340 g/mol. The number of carbonyl (C=O) groups is 1. The van der Waals surface area contributed by atoms with E-state index in [-0.39, 0.29) is 17.3 Å². The number of sulfonamides is 1. The Balaban J connectivity index is 2.12. The molecule has 0 aromatic heterocycles. The standard InChI is InChI=1S/C18H22N2O4S/c1-4-24-16-11-9-14(10-12-16)18(21)19-13-15-7-5-6-8-17(15)25(22,23)20(2)3/h5-12H,4,13H2,1-3H3,(H,19,21). The Morgan fingerprint density at radius 2 is 1.72 bits per heavy atom. The van der Waals surface area contributed by atoms with Crippen LogP contribution in [0.4, 0.5) is 0 Å². The van der Waals surface area contributed by atoms with Crippen LogP contribution in [0.1, 0.15) is 22.8 Å². The van der Waals surface area contributed by atoms with Crippen LogP contribution < -0.4 is 10.1 Å². The summed E-state index contributed by atoms with van der Waals surface area (Å²) in [5.41, 5.74) is 1.02. The molecule has 6 nitrogen and oxygen atoms in total.